The summed E-state index contributed by atoms with van der Waals surface area (Å²) in [5.41, 5.74) is 7.55. The first-order chi connectivity index (χ1) is 18.6. The van der Waals surface area contributed by atoms with Crippen molar-refractivity contribution in [3.63, 3.8) is 0 Å². The Balaban J connectivity index is 1.69. The highest BCUT2D eigenvalue weighted by atomic mass is 16.5. The minimum absolute atomic E-state index is 0.0171. The number of amides is 3. The summed E-state index contributed by atoms with van der Waals surface area (Å²) in [6, 6.07) is 6.67. The second-order valence-corrected chi connectivity index (χ2v) is 11.0. The number of nitrogens with two attached hydrogens (primary N) is 1. The zero-order valence-corrected chi connectivity index (χ0v) is 24.2. The Morgan fingerprint density at radius 3 is 2.51 bits per heavy atom. The molecular formula is C30H46N4O5. The van der Waals surface area contributed by atoms with Gasteiger partial charge in [-0.2, -0.15) is 0 Å². The standard InChI is InChI=1S/C30H46N4O5/c1-7-18(2)19(3)26(38-5)16-27(35)34-14-10-13-25(34)28(39-6)20(4)30(37)33-24(29(31)36)15-21-17-32-23-12-9-8-11-22(21)23/h8-9,11-12,17-20,24-26,28,32H,7,10,13-16H2,1-6H3,(H2,31,36)(H,33,37)/t18-,19-,20+,24-,25-,26+,28+/m0/s1. The summed E-state index contributed by atoms with van der Waals surface area (Å²) < 4.78 is 11.6. The number of aromatic nitrogens is 1. The molecule has 1 fully saturated rings. The van der Waals surface area contributed by atoms with Gasteiger partial charge in [0.2, 0.25) is 17.7 Å². The fraction of sp³-hybridized carbons (Fsp3) is 0.633. The van der Waals surface area contributed by atoms with Crippen molar-refractivity contribution in [1.82, 2.24) is 15.2 Å². The first-order valence-corrected chi connectivity index (χ1v) is 14.1. The number of nitrogens with one attached hydrogen (secondary N) is 2. The number of para-hydroxylation sites is 1. The zero-order valence-electron chi connectivity index (χ0n) is 24.2. The summed E-state index contributed by atoms with van der Waals surface area (Å²) in [6.07, 6.45) is 4.32. The lowest BCUT2D eigenvalue weighted by atomic mass is 9.87. The van der Waals surface area contributed by atoms with Crippen molar-refractivity contribution in [2.24, 2.45) is 23.5 Å². The van der Waals surface area contributed by atoms with Gasteiger partial charge in [-0.25, -0.2) is 0 Å². The van der Waals surface area contributed by atoms with Gasteiger partial charge in [0.15, 0.2) is 0 Å². The molecule has 9 heteroatoms. The van der Waals surface area contributed by atoms with Gasteiger partial charge in [0.1, 0.15) is 6.04 Å². The number of rotatable bonds is 14. The van der Waals surface area contributed by atoms with Crippen molar-refractivity contribution in [2.45, 2.75) is 84.1 Å². The van der Waals surface area contributed by atoms with Crippen molar-refractivity contribution in [3.05, 3.63) is 36.0 Å². The first-order valence-electron chi connectivity index (χ1n) is 14.1. The molecule has 3 rings (SSSR count). The summed E-state index contributed by atoms with van der Waals surface area (Å²) in [5.74, 6) is -0.830. The summed E-state index contributed by atoms with van der Waals surface area (Å²) >= 11 is 0. The van der Waals surface area contributed by atoms with E-state index in [1.807, 2.05) is 35.4 Å². The molecule has 9 nitrogen and oxygen atoms in total. The number of H-pyrrole nitrogens is 1. The Labute approximate surface area is 232 Å². The van der Waals surface area contributed by atoms with Crippen LogP contribution in [0.15, 0.2) is 30.5 Å². The number of benzene rings is 1. The van der Waals surface area contributed by atoms with E-state index in [-0.39, 0.29) is 36.3 Å². The van der Waals surface area contributed by atoms with Crippen molar-refractivity contribution in [2.75, 3.05) is 20.8 Å². The molecule has 1 aliphatic rings. The summed E-state index contributed by atoms with van der Waals surface area (Å²) in [6.45, 7) is 8.85. The molecule has 3 amide bonds. The Morgan fingerprint density at radius 1 is 1.15 bits per heavy atom. The number of carbonyl (C=O) groups excluding carboxylic acids is 3. The van der Waals surface area contributed by atoms with Crippen LogP contribution in [0.3, 0.4) is 0 Å². The number of fused-ring (bicyclic) bond motifs is 1. The number of hydrogen-bond donors (Lipinski definition) is 3. The number of nitrogens with zero attached hydrogens (tertiary/aromatic N) is 1. The molecule has 216 valence electrons. The van der Waals surface area contributed by atoms with E-state index in [0.29, 0.717) is 18.9 Å². The maximum atomic E-state index is 13.4. The van der Waals surface area contributed by atoms with Gasteiger partial charge in [-0.3, -0.25) is 14.4 Å². The molecule has 0 radical (unpaired) electrons. The number of carbonyl (C=O) groups is 3. The monoisotopic (exact) mass is 542 g/mol. The van der Waals surface area contributed by atoms with Gasteiger partial charge in [0.25, 0.3) is 0 Å². The first kappa shape index (κ1) is 30.6. The van der Waals surface area contributed by atoms with Crippen LogP contribution in [0.25, 0.3) is 10.9 Å². The number of primary amides is 1. The lowest BCUT2D eigenvalue weighted by molar-refractivity contribution is -0.143. The van der Waals surface area contributed by atoms with Gasteiger partial charge in [-0.05, 0) is 36.3 Å². The van der Waals surface area contributed by atoms with E-state index < -0.39 is 24.0 Å². The smallest absolute Gasteiger partial charge is 0.240 e. The summed E-state index contributed by atoms with van der Waals surface area (Å²) in [5, 5.41) is 3.83. The largest absolute Gasteiger partial charge is 0.381 e. The highest BCUT2D eigenvalue weighted by molar-refractivity contribution is 5.89. The average molecular weight is 543 g/mol. The maximum absolute atomic E-state index is 13.4. The molecule has 0 bridgehead atoms. The Morgan fingerprint density at radius 2 is 1.87 bits per heavy atom. The minimum Gasteiger partial charge on any atom is -0.381 e. The summed E-state index contributed by atoms with van der Waals surface area (Å²) in [7, 11) is 3.23. The molecule has 1 aliphatic heterocycles. The highest BCUT2D eigenvalue weighted by Crippen LogP contribution is 2.29. The zero-order chi connectivity index (χ0) is 28.7. The fourth-order valence-corrected chi connectivity index (χ4v) is 5.85. The van der Waals surface area contributed by atoms with E-state index in [1.54, 1.807) is 21.1 Å². The van der Waals surface area contributed by atoms with E-state index in [2.05, 4.69) is 31.1 Å². The van der Waals surface area contributed by atoms with Crippen molar-refractivity contribution in [1.29, 1.82) is 0 Å². The van der Waals surface area contributed by atoms with Gasteiger partial charge >= 0.3 is 0 Å². The van der Waals surface area contributed by atoms with Crippen LogP contribution in [0.5, 0.6) is 0 Å². The molecule has 2 aromatic rings. The van der Waals surface area contributed by atoms with Crippen LogP contribution in [0.2, 0.25) is 0 Å². The highest BCUT2D eigenvalue weighted by Gasteiger charge is 2.41. The van der Waals surface area contributed by atoms with Crippen LogP contribution in [0, 0.1) is 17.8 Å². The molecule has 0 saturated carbocycles. The van der Waals surface area contributed by atoms with E-state index >= 15 is 0 Å². The minimum atomic E-state index is -0.873. The van der Waals surface area contributed by atoms with E-state index in [0.717, 1.165) is 35.7 Å². The maximum Gasteiger partial charge on any atom is 0.240 e. The SMILES string of the molecule is CC[C@H](C)[C@H](C)[C@@H](CC(=O)N1CCC[C@H]1[C@H](OC)[C@@H](C)C(=O)N[C@@H](Cc1c[nH]c2ccccc12)C(N)=O)OC. The van der Waals surface area contributed by atoms with Gasteiger partial charge in [0.05, 0.1) is 30.6 Å². The number of hydrogen-bond acceptors (Lipinski definition) is 5. The number of methoxy groups -OCH3 is 2. The number of ether oxygens (including phenoxy) is 2. The third kappa shape index (κ3) is 7.19. The normalized spacial score (nSPS) is 20.3. The molecule has 2 heterocycles. The Bertz CT molecular complexity index is 1120. The average Bonchev–Trinajstić information content (AvgIpc) is 3.58. The molecule has 0 unspecified atom stereocenters. The van der Waals surface area contributed by atoms with Crippen LogP contribution in [0.4, 0.5) is 0 Å². The third-order valence-electron chi connectivity index (χ3n) is 8.74. The van der Waals surface area contributed by atoms with Crippen molar-refractivity contribution < 1.29 is 23.9 Å². The lowest BCUT2D eigenvalue weighted by Gasteiger charge is -2.35. The second-order valence-electron chi connectivity index (χ2n) is 11.0. The molecule has 1 aromatic carbocycles. The van der Waals surface area contributed by atoms with Crippen LogP contribution >= 0.6 is 0 Å². The molecule has 7 atom stereocenters. The molecule has 1 saturated heterocycles. The lowest BCUT2D eigenvalue weighted by Crippen LogP contribution is -2.53. The van der Waals surface area contributed by atoms with E-state index in [4.69, 9.17) is 15.2 Å². The Kier molecular flexibility index (Phi) is 10.9. The Hall–Kier alpha value is -2.91. The van der Waals surface area contributed by atoms with Crippen LogP contribution in [0.1, 0.15) is 58.9 Å². The molecular weight excluding hydrogens is 496 g/mol. The number of aromatic amines is 1. The van der Waals surface area contributed by atoms with Crippen molar-refractivity contribution >= 4 is 28.6 Å². The van der Waals surface area contributed by atoms with Gasteiger partial charge in [-0.1, -0.05) is 52.3 Å². The van der Waals surface area contributed by atoms with Crippen LogP contribution in [-0.4, -0.2) is 72.7 Å². The topological polar surface area (TPSA) is 127 Å². The van der Waals surface area contributed by atoms with E-state index in [1.165, 1.54) is 0 Å². The molecule has 0 aliphatic carbocycles. The fourth-order valence-electron chi connectivity index (χ4n) is 5.85. The quantitative estimate of drug-likeness (QED) is 0.337. The summed E-state index contributed by atoms with van der Waals surface area (Å²) in [4.78, 5) is 44.2. The predicted octanol–water partition coefficient (Wildman–Crippen LogP) is 3.41. The van der Waals surface area contributed by atoms with Gasteiger partial charge in [0, 0.05) is 44.3 Å². The molecule has 4 N–H and O–H groups in total. The third-order valence-corrected chi connectivity index (χ3v) is 8.74. The van der Waals surface area contributed by atoms with E-state index in [9.17, 15) is 14.4 Å². The van der Waals surface area contributed by atoms with Gasteiger partial charge < -0.3 is 30.4 Å². The van der Waals surface area contributed by atoms with Gasteiger partial charge in [-0.15, -0.1) is 0 Å². The van der Waals surface area contributed by atoms with Crippen LogP contribution < -0.4 is 11.1 Å². The number of likely N-dealkylation sites (tertiary alicyclic amines) is 1. The molecule has 0 spiro atoms. The predicted molar refractivity (Wildman–Crippen MR) is 152 cm³/mol. The van der Waals surface area contributed by atoms with Crippen molar-refractivity contribution in [3.8, 4) is 0 Å². The molecule has 1 aromatic heterocycles. The second kappa shape index (κ2) is 13.9. The van der Waals surface area contributed by atoms with Crippen LogP contribution in [-0.2, 0) is 30.3 Å². The molecule has 39 heavy (non-hydrogen) atoms.